The molecule has 0 amide bonds. The molecule has 0 atom stereocenters. The van der Waals surface area contributed by atoms with Crippen molar-refractivity contribution in [1.82, 2.24) is 4.98 Å². The highest BCUT2D eigenvalue weighted by Gasteiger charge is 2.02. The van der Waals surface area contributed by atoms with E-state index in [2.05, 4.69) is 25.9 Å². The van der Waals surface area contributed by atoms with Gasteiger partial charge in [-0.2, -0.15) is 0 Å². The number of nitro benzene ring substituents is 1. The maximum absolute atomic E-state index is 10.5. The molecule has 1 aromatic carbocycles. The normalized spacial score (nSPS) is 10.7. The molecule has 0 fully saturated rings. The highest BCUT2D eigenvalue weighted by Crippen LogP contribution is 2.14. The Morgan fingerprint density at radius 3 is 2.50 bits per heavy atom. The SMILES string of the molecule is O=[N+]([O-])c1ccc(C=Nc2ccc(Br)cn2)cc1. The van der Waals surface area contributed by atoms with Crippen LogP contribution in [0.2, 0.25) is 0 Å². The molecule has 18 heavy (non-hydrogen) atoms. The standard InChI is InChI=1S/C12H8BrN3O2/c13-10-3-6-12(15-8-10)14-7-9-1-4-11(5-2-9)16(17)18/h1-8H. The van der Waals surface area contributed by atoms with Gasteiger partial charge in [-0.25, -0.2) is 9.98 Å². The first kappa shape index (κ1) is 12.4. The van der Waals surface area contributed by atoms with E-state index >= 15 is 0 Å². The highest BCUT2D eigenvalue weighted by molar-refractivity contribution is 9.10. The first-order chi connectivity index (χ1) is 8.65. The van der Waals surface area contributed by atoms with Crippen LogP contribution in [0.5, 0.6) is 0 Å². The van der Waals surface area contributed by atoms with Crippen molar-refractivity contribution in [2.75, 3.05) is 0 Å². The van der Waals surface area contributed by atoms with Gasteiger partial charge < -0.3 is 0 Å². The number of hydrogen-bond acceptors (Lipinski definition) is 4. The summed E-state index contributed by atoms with van der Waals surface area (Å²) in [5.41, 5.74) is 0.847. The van der Waals surface area contributed by atoms with Crippen molar-refractivity contribution < 1.29 is 4.92 Å². The summed E-state index contributed by atoms with van der Waals surface area (Å²) < 4.78 is 0.886. The van der Waals surface area contributed by atoms with Crippen LogP contribution in [-0.2, 0) is 0 Å². The number of aliphatic imine (C=N–C) groups is 1. The number of nitro groups is 1. The molecule has 2 aromatic rings. The summed E-state index contributed by atoms with van der Waals surface area (Å²) in [6.45, 7) is 0. The van der Waals surface area contributed by atoms with Crippen LogP contribution in [0.25, 0.3) is 0 Å². The summed E-state index contributed by atoms with van der Waals surface area (Å²) in [6.07, 6.45) is 3.27. The summed E-state index contributed by atoms with van der Waals surface area (Å²) in [5, 5.41) is 10.5. The number of pyridine rings is 1. The Bertz CT molecular complexity index is 579. The summed E-state index contributed by atoms with van der Waals surface area (Å²) in [4.78, 5) is 18.3. The summed E-state index contributed by atoms with van der Waals surface area (Å²) in [7, 11) is 0. The van der Waals surface area contributed by atoms with E-state index in [1.165, 1.54) is 12.1 Å². The van der Waals surface area contributed by atoms with Gasteiger partial charge in [-0.3, -0.25) is 10.1 Å². The van der Waals surface area contributed by atoms with E-state index < -0.39 is 4.92 Å². The lowest BCUT2D eigenvalue weighted by Gasteiger charge is -1.94. The van der Waals surface area contributed by atoms with Gasteiger partial charge in [0.2, 0.25) is 0 Å². The molecule has 0 saturated carbocycles. The van der Waals surface area contributed by atoms with Crippen molar-refractivity contribution in [2.24, 2.45) is 4.99 Å². The van der Waals surface area contributed by atoms with Crippen molar-refractivity contribution in [3.05, 3.63) is 62.7 Å². The molecule has 0 N–H and O–H groups in total. The monoisotopic (exact) mass is 305 g/mol. The summed E-state index contributed by atoms with van der Waals surface area (Å²) in [6, 6.07) is 9.77. The van der Waals surface area contributed by atoms with Crippen molar-refractivity contribution in [3.8, 4) is 0 Å². The average Bonchev–Trinajstić information content (AvgIpc) is 2.38. The number of benzene rings is 1. The molecule has 0 bridgehead atoms. The van der Waals surface area contributed by atoms with E-state index in [-0.39, 0.29) is 5.69 Å². The molecule has 0 radical (unpaired) electrons. The Kier molecular flexibility index (Phi) is 3.78. The summed E-state index contributed by atoms with van der Waals surface area (Å²) in [5.74, 6) is 0.580. The zero-order valence-electron chi connectivity index (χ0n) is 9.15. The quantitative estimate of drug-likeness (QED) is 0.495. The van der Waals surface area contributed by atoms with Gasteiger partial charge in [-0.05, 0) is 45.8 Å². The molecule has 5 nitrogen and oxygen atoms in total. The number of hydrogen-bond donors (Lipinski definition) is 0. The fourth-order valence-electron chi connectivity index (χ4n) is 1.27. The molecule has 0 aliphatic heterocycles. The molecule has 2 rings (SSSR count). The van der Waals surface area contributed by atoms with E-state index in [0.29, 0.717) is 5.82 Å². The van der Waals surface area contributed by atoms with E-state index in [1.54, 1.807) is 30.6 Å². The minimum Gasteiger partial charge on any atom is -0.258 e. The molecule has 0 unspecified atom stereocenters. The maximum Gasteiger partial charge on any atom is 0.269 e. The van der Waals surface area contributed by atoms with Gasteiger partial charge in [0.25, 0.3) is 5.69 Å². The van der Waals surface area contributed by atoms with Gasteiger partial charge in [0.05, 0.1) is 4.92 Å². The van der Waals surface area contributed by atoms with Gasteiger partial charge >= 0.3 is 0 Å². The zero-order valence-corrected chi connectivity index (χ0v) is 10.7. The van der Waals surface area contributed by atoms with Crippen molar-refractivity contribution in [3.63, 3.8) is 0 Å². The minimum atomic E-state index is -0.433. The van der Waals surface area contributed by atoms with Gasteiger partial charge in [0.15, 0.2) is 5.82 Å². The lowest BCUT2D eigenvalue weighted by molar-refractivity contribution is -0.384. The Labute approximate surface area is 111 Å². The molecular weight excluding hydrogens is 298 g/mol. The molecular formula is C12H8BrN3O2. The van der Waals surface area contributed by atoms with Crippen LogP contribution in [0, 0.1) is 10.1 Å². The number of nitrogens with zero attached hydrogens (tertiary/aromatic N) is 3. The van der Waals surface area contributed by atoms with Crippen LogP contribution >= 0.6 is 15.9 Å². The lowest BCUT2D eigenvalue weighted by Crippen LogP contribution is -1.88. The zero-order chi connectivity index (χ0) is 13.0. The van der Waals surface area contributed by atoms with E-state index in [0.717, 1.165) is 10.0 Å². The third-order valence-electron chi connectivity index (χ3n) is 2.16. The molecule has 0 spiro atoms. The first-order valence-electron chi connectivity index (χ1n) is 5.05. The smallest absolute Gasteiger partial charge is 0.258 e. The number of halogens is 1. The van der Waals surface area contributed by atoms with E-state index in [9.17, 15) is 10.1 Å². The fraction of sp³-hybridized carbons (Fsp3) is 0. The molecule has 0 aliphatic rings. The third-order valence-corrected chi connectivity index (χ3v) is 2.63. The molecule has 6 heteroatoms. The summed E-state index contributed by atoms with van der Waals surface area (Å²) >= 11 is 3.28. The van der Waals surface area contributed by atoms with Crippen LogP contribution in [-0.4, -0.2) is 16.1 Å². The molecule has 1 heterocycles. The number of rotatable bonds is 3. The first-order valence-corrected chi connectivity index (χ1v) is 5.84. The second-order valence-corrected chi connectivity index (χ2v) is 4.36. The predicted molar refractivity (Wildman–Crippen MR) is 72.3 cm³/mol. The van der Waals surface area contributed by atoms with E-state index in [1.807, 2.05) is 6.07 Å². The Morgan fingerprint density at radius 1 is 1.22 bits per heavy atom. The molecule has 1 aromatic heterocycles. The molecule has 0 saturated heterocycles. The predicted octanol–water partition coefficient (Wildman–Crippen LogP) is 3.50. The lowest BCUT2D eigenvalue weighted by atomic mass is 10.2. The topological polar surface area (TPSA) is 68.4 Å². The van der Waals surface area contributed by atoms with Crippen molar-refractivity contribution in [2.45, 2.75) is 0 Å². The van der Waals surface area contributed by atoms with Gasteiger partial charge in [-0.1, -0.05) is 0 Å². The maximum atomic E-state index is 10.5. The Hall–Kier alpha value is -2.08. The largest absolute Gasteiger partial charge is 0.269 e. The molecule has 90 valence electrons. The number of non-ortho nitro benzene ring substituents is 1. The van der Waals surface area contributed by atoms with Gasteiger partial charge in [0, 0.05) is 29.0 Å². The minimum absolute atomic E-state index is 0.0638. The number of aromatic nitrogens is 1. The van der Waals surface area contributed by atoms with Crippen LogP contribution < -0.4 is 0 Å². The van der Waals surface area contributed by atoms with Gasteiger partial charge in [-0.15, -0.1) is 0 Å². The van der Waals surface area contributed by atoms with Crippen LogP contribution in [0.3, 0.4) is 0 Å². The second-order valence-electron chi connectivity index (χ2n) is 3.44. The van der Waals surface area contributed by atoms with Crippen molar-refractivity contribution >= 4 is 33.6 Å². The van der Waals surface area contributed by atoms with Crippen LogP contribution in [0.1, 0.15) is 5.56 Å². The van der Waals surface area contributed by atoms with E-state index in [4.69, 9.17) is 0 Å². The fourth-order valence-corrected chi connectivity index (χ4v) is 1.50. The van der Waals surface area contributed by atoms with Crippen LogP contribution in [0.15, 0.2) is 52.1 Å². The van der Waals surface area contributed by atoms with Crippen molar-refractivity contribution in [1.29, 1.82) is 0 Å². The average molecular weight is 306 g/mol. The highest BCUT2D eigenvalue weighted by atomic mass is 79.9. The second kappa shape index (κ2) is 5.50. The van der Waals surface area contributed by atoms with Gasteiger partial charge in [0.1, 0.15) is 0 Å². The third kappa shape index (κ3) is 3.21. The Balaban J connectivity index is 2.13. The Morgan fingerprint density at radius 2 is 1.94 bits per heavy atom. The van der Waals surface area contributed by atoms with Crippen LogP contribution in [0.4, 0.5) is 11.5 Å². The molecule has 0 aliphatic carbocycles.